The quantitative estimate of drug-likeness (QED) is 0.904. The third-order valence-electron chi connectivity index (χ3n) is 3.71. The fourth-order valence-electron chi connectivity index (χ4n) is 2.64. The average Bonchev–Trinajstić information content (AvgIpc) is 2.88. The zero-order valence-electron chi connectivity index (χ0n) is 11.7. The number of rotatable bonds is 3. The smallest absolute Gasteiger partial charge is 0.261 e. The molecule has 3 rings (SSSR count). The van der Waals surface area contributed by atoms with E-state index in [1.807, 2.05) is 12.1 Å². The van der Waals surface area contributed by atoms with Crippen LogP contribution in [0.2, 0.25) is 0 Å². The van der Waals surface area contributed by atoms with Gasteiger partial charge in [0, 0.05) is 6.42 Å². The lowest BCUT2D eigenvalue weighted by atomic mass is 10.1. The molecule has 5 nitrogen and oxygen atoms in total. The van der Waals surface area contributed by atoms with Crippen molar-refractivity contribution in [3.63, 3.8) is 0 Å². The van der Waals surface area contributed by atoms with Gasteiger partial charge in [-0.15, -0.1) is 0 Å². The highest BCUT2D eigenvalue weighted by Gasteiger charge is 2.24. The van der Waals surface area contributed by atoms with E-state index in [0.29, 0.717) is 24.1 Å². The topological polar surface area (TPSA) is 90.2 Å². The van der Waals surface area contributed by atoms with Crippen LogP contribution < -0.4 is 4.72 Å². The Kier molecular flexibility index (Phi) is 3.61. The lowest BCUT2D eigenvalue weighted by Gasteiger charge is -2.12. The van der Waals surface area contributed by atoms with Crippen LogP contribution in [0.25, 0.3) is 0 Å². The number of nitrogens with zero attached hydrogens (tertiary/aromatic N) is 1. The minimum Gasteiger partial charge on any atom is -0.392 e. The highest BCUT2D eigenvalue weighted by Crippen LogP contribution is 2.30. The third kappa shape index (κ3) is 2.69. The van der Waals surface area contributed by atoms with Crippen molar-refractivity contribution in [2.75, 3.05) is 4.72 Å². The van der Waals surface area contributed by atoms with Crippen LogP contribution in [-0.4, -0.2) is 19.6 Å². The Bertz CT molecular complexity index is 852. The predicted octanol–water partition coefficient (Wildman–Crippen LogP) is 1.82. The van der Waals surface area contributed by atoms with E-state index in [2.05, 4.69) is 4.72 Å². The maximum Gasteiger partial charge on any atom is 0.261 e. The largest absolute Gasteiger partial charge is 0.392 e. The fourth-order valence-corrected chi connectivity index (χ4v) is 3.73. The van der Waals surface area contributed by atoms with Crippen molar-refractivity contribution in [2.24, 2.45) is 0 Å². The number of sulfonamides is 1. The normalized spacial score (nSPS) is 16.8. The van der Waals surface area contributed by atoms with Crippen molar-refractivity contribution in [1.82, 2.24) is 0 Å². The van der Waals surface area contributed by atoms with Crippen LogP contribution in [0.4, 0.5) is 5.69 Å². The summed E-state index contributed by atoms with van der Waals surface area (Å²) in [4.78, 5) is 0.0997. The standard InChI is InChI=1S/C16H14N2O3S/c17-10-11-4-6-14(7-5-11)22(20,21)18-16-3-1-2-12-8-13(19)9-15(12)16/h1-7,13,18-19H,8-9H2/t13-/m1/s1. The van der Waals surface area contributed by atoms with Crippen LogP contribution in [0.3, 0.4) is 0 Å². The molecule has 0 amide bonds. The Morgan fingerprint density at radius 3 is 2.55 bits per heavy atom. The molecule has 0 heterocycles. The summed E-state index contributed by atoms with van der Waals surface area (Å²) in [5.41, 5.74) is 2.71. The van der Waals surface area contributed by atoms with Crippen molar-refractivity contribution >= 4 is 15.7 Å². The van der Waals surface area contributed by atoms with Crippen molar-refractivity contribution in [2.45, 2.75) is 23.8 Å². The first-order valence-electron chi connectivity index (χ1n) is 6.81. The number of benzene rings is 2. The fraction of sp³-hybridized carbons (Fsp3) is 0.188. The molecule has 2 N–H and O–H groups in total. The molecule has 0 saturated carbocycles. The average molecular weight is 314 g/mol. The van der Waals surface area contributed by atoms with Gasteiger partial charge < -0.3 is 5.11 Å². The lowest BCUT2D eigenvalue weighted by Crippen LogP contribution is -2.14. The van der Waals surface area contributed by atoms with Crippen molar-refractivity contribution < 1.29 is 13.5 Å². The molecule has 0 spiro atoms. The van der Waals surface area contributed by atoms with Crippen LogP contribution in [-0.2, 0) is 22.9 Å². The summed E-state index contributed by atoms with van der Waals surface area (Å²) in [6.07, 6.45) is 0.527. The number of hydrogen-bond donors (Lipinski definition) is 2. The van der Waals surface area contributed by atoms with Gasteiger partial charge in [0.1, 0.15) is 0 Å². The summed E-state index contributed by atoms with van der Waals surface area (Å²) >= 11 is 0. The number of fused-ring (bicyclic) bond motifs is 1. The molecule has 1 aliphatic rings. The molecule has 0 bridgehead atoms. The van der Waals surface area contributed by atoms with E-state index in [-0.39, 0.29) is 4.90 Å². The molecular weight excluding hydrogens is 300 g/mol. The van der Waals surface area contributed by atoms with Crippen LogP contribution in [0.1, 0.15) is 16.7 Å². The van der Waals surface area contributed by atoms with Gasteiger partial charge in [-0.3, -0.25) is 4.72 Å². The molecule has 0 fully saturated rings. The molecule has 0 saturated heterocycles. The molecule has 22 heavy (non-hydrogen) atoms. The maximum atomic E-state index is 12.4. The Balaban J connectivity index is 1.93. The molecule has 0 aromatic heterocycles. The first-order valence-corrected chi connectivity index (χ1v) is 8.30. The van der Waals surface area contributed by atoms with Gasteiger partial charge in [0.15, 0.2) is 0 Å². The lowest BCUT2D eigenvalue weighted by molar-refractivity contribution is 0.187. The second kappa shape index (κ2) is 5.44. The summed E-state index contributed by atoms with van der Waals surface area (Å²) < 4.78 is 27.4. The van der Waals surface area contributed by atoms with E-state index in [0.717, 1.165) is 11.1 Å². The zero-order chi connectivity index (χ0) is 15.7. The molecule has 2 aromatic carbocycles. The molecule has 1 aliphatic carbocycles. The van der Waals surface area contributed by atoms with E-state index in [1.54, 1.807) is 12.1 Å². The molecule has 0 radical (unpaired) electrons. The van der Waals surface area contributed by atoms with E-state index < -0.39 is 16.1 Å². The van der Waals surface area contributed by atoms with Crippen LogP contribution >= 0.6 is 0 Å². The van der Waals surface area contributed by atoms with Crippen molar-refractivity contribution in [3.05, 3.63) is 59.2 Å². The number of nitriles is 1. The molecule has 2 aromatic rings. The molecule has 112 valence electrons. The van der Waals surface area contributed by atoms with Gasteiger partial charge in [-0.2, -0.15) is 5.26 Å². The van der Waals surface area contributed by atoms with E-state index in [4.69, 9.17) is 5.26 Å². The SMILES string of the molecule is N#Cc1ccc(S(=O)(=O)Nc2cccc3c2C[C@H](O)C3)cc1. The summed E-state index contributed by atoms with van der Waals surface area (Å²) in [6.45, 7) is 0. The minimum atomic E-state index is -3.72. The Hall–Kier alpha value is -2.36. The third-order valence-corrected chi connectivity index (χ3v) is 5.09. The number of anilines is 1. The van der Waals surface area contributed by atoms with Crippen LogP contribution in [0.15, 0.2) is 47.4 Å². The van der Waals surface area contributed by atoms with Crippen LogP contribution in [0.5, 0.6) is 0 Å². The predicted molar refractivity (Wildman–Crippen MR) is 81.8 cm³/mol. The molecule has 1 atom stereocenters. The van der Waals surface area contributed by atoms with Gasteiger partial charge in [0.25, 0.3) is 10.0 Å². The Morgan fingerprint density at radius 2 is 1.86 bits per heavy atom. The van der Waals surface area contributed by atoms with E-state index in [1.165, 1.54) is 24.3 Å². The van der Waals surface area contributed by atoms with Gasteiger partial charge >= 0.3 is 0 Å². The second-order valence-corrected chi connectivity index (χ2v) is 6.93. The first kappa shape index (κ1) is 14.6. The van der Waals surface area contributed by atoms with Gasteiger partial charge in [-0.05, 0) is 47.9 Å². The molecule has 6 heteroatoms. The first-order chi connectivity index (χ1) is 10.5. The van der Waals surface area contributed by atoms with Gasteiger partial charge in [-0.25, -0.2) is 8.42 Å². The number of aliphatic hydroxyl groups is 1. The molecular formula is C16H14N2O3S. The second-order valence-electron chi connectivity index (χ2n) is 5.25. The molecule has 0 unspecified atom stereocenters. The number of hydrogen-bond acceptors (Lipinski definition) is 4. The maximum absolute atomic E-state index is 12.4. The monoisotopic (exact) mass is 314 g/mol. The van der Waals surface area contributed by atoms with E-state index in [9.17, 15) is 13.5 Å². The number of aliphatic hydroxyl groups excluding tert-OH is 1. The van der Waals surface area contributed by atoms with Gasteiger partial charge in [0.05, 0.1) is 28.3 Å². The Morgan fingerprint density at radius 1 is 1.14 bits per heavy atom. The number of nitrogens with one attached hydrogen (secondary N) is 1. The van der Waals surface area contributed by atoms with Crippen molar-refractivity contribution in [3.8, 4) is 6.07 Å². The zero-order valence-corrected chi connectivity index (χ0v) is 12.5. The summed E-state index contributed by atoms with van der Waals surface area (Å²) in [5, 5.41) is 18.5. The highest BCUT2D eigenvalue weighted by atomic mass is 32.2. The Labute approximate surface area is 128 Å². The minimum absolute atomic E-state index is 0.0997. The van der Waals surface area contributed by atoms with Gasteiger partial charge in [0.2, 0.25) is 0 Å². The van der Waals surface area contributed by atoms with Crippen molar-refractivity contribution in [1.29, 1.82) is 5.26 Å². The van der Waals surface area contributed by atoms with E-state index >= 15 is 0 Å². The van der Waals surface area contributed by atoms with Gasteiger partial charge in [-0.1, -0.05) is 12.1 Å². The highest BCUT2D eigenvalue weighted by molar-refractivity contribution is 7.92. The summed E-state index contributed by atoms with van der Waals surface area (Å²) in [5.74, 6) is 0. The van der Waals surface area contributed by atoms with Crippen LogP contribution in [0, 0.1) is 11.3 Å². The molecule has 0 aliphatic heterocycles. The summed E-state index contributed by atoms with van der Waals surface area (Å²) in [7, 11) is -3.72. The summed E-state index contributed by atoms with van der Waals surface area (Å²) in [6, 6.07) is 13.0.